The van der Waals surface area contributed by atoms with Crippen molar-refractivity contribution < 1.29 is 14.3 Å². The van der Waals surface area contributed by atoms with Gasteiger partial charge < -0.3 is 10.1 Å². The average Bonchev–Trinajstić information content (AvgIpc) is 2.17. The van der Waals surface area contributed by atoms with Gasteiger partial charge in [-0.2, -0.15) is 0 Å². The van der Waals surface area contributed by atoms with Crippen molar-refractivity contribution in [2.75, 3.05) is 20.2 Å². The molecule has 1 rings (SSSR count). The quantitative estimate of drug-likeness (QED) is 0.490. The number of rotatable bonds is 2. The highest BCUT2D eigenvalue weighted by Crippen LogP contribution is 2.28. The molecule has 1 fully saturated rings. The first-order valence-electron chi connectivity index (χ1n) is 4.43. The van der Waals surface area contributed by atoms with E-state index in [2.05, 4.69) is 10.1 Å². The molecule has 1 atom stereocenters. The molecule has 0 aromatic carbocycles. The first-order valence-corrected chi connectivity index (χ1v) is 4.43. The number of nitrogens with one attached hydrogen (secondary N) is 1. The second kappa shape index (κ2) is 3.87. The van der Waals surface area contributed by atoms with Crippen LogP contribution < -0.4 is 5.32 Å². The maximum atomic E-state index is 11.4. The fourth-order valence-corrected chi connectivity index (χ4v) is 1.72. The van der Waals surface area contributed by atoms with Gasteiger partial charge in [-0.3, -0.25) is 9.59 Å². The second-order valence-electron chi connectivity index (χ2n) is 3.41. The summed E-state index contributed by atoms with van der Waals surface area (Å²) < 4.78 is 4.65. The standard InChI is InChI=1S/C9H15NO3/c1-7(11)9(8(12)13-2)4-3-5-10-6-9/h10H,3-6H2,1-2H3. The van der Waals surface area contributed by atoms with Gasteiger partial charge in [-0.25, -0.2) is 0 Å². The number of carbonyl (C=O) groups excluding carboxylic acids is 2. The average molecular weight is 185 g/mol. The van der Waals surface area contributed by atoms with E-state index in [1.54, 1.807) is 0 Å². The Balaban J connectivity index is 2.85. The molecule has 4 heteroatoms. The Morgan fingerprint density at radius 3 is 2.54 bits per heavy atom. The number of esters is 1. The van der Waals surface area contributed by atoms with Crippen LogP contribution in [0.1, 0.15) is 19.8 Å². The number of hydrogen-bond acceptors (Lipinski definition) is 4. The first kappa shape index (κ1) is 10.2. The van der Waals surface area contributed by atoms with E-state index in [0.717, 1.165) is 13.0 Å². The zero-order valence-corrected chi connectivity index (χ0v) is 8.05. The van der Waals surface area contributed by atoms with E-state index in [9.17, 15) is 9.59 Å². The summed E-state index contributed by atoms with van der Waals surface area (Å²) >= 11 is 0. The maximum Gasteiger partial charge on any atom is 0.320 e. The third-order valence-corrected chi connectivity index (χ3v) is 2.63. The molecule has 0 aliphatic carbocycles. The fourth-order valence-electron chi connectivity index (χ4n) is 1.72. The van der Waals surface area contributed by atoms with Crippen LogP contribution in [0.15, 0.2) is 0 Å². The maximum absolute atomic E-state index is 11.4. The Hall–Kier alpha value is -0.900. The summed E-state index contributed by atoms with van der Waals surface area (Å²) in [5.74, 6) is -0.515. The van der Waals surface area contributed by atoms with Gasteiger partial charge in [0.25, 0.3) is 0 Å². The topological polar surface area (TPSA) is 55.4 Å². The highest BCUT2D eigenvalue weighted by molar-refractivity contribution is 6.03. The molecule has 1 aliphatic rings. The minimum Gasteiger partial charge on any atom is -0.468 e. The van der Waals surface area contributed by atoms with Crippen molar-refractivity contribution in [3.8, 4) is 0 Å². The van der Waals surface area contributed by atoms with Gasteiger partial charge in [-0.15, -0.1) is 0 Å². The lowest BCUT2D eigenvalue weighted by Gasteiger charge is -2.32. The molecule has 74 valence electrons. The second-order valence-corrected chi connectivity index (χ2v) is 3.41. The first-order chi connectivity index (χ1) is 6.13. The van der Waals surface area contributed by atoms with E-state index in [1.165, 1.54) is 14.0 Å². The molecular weight excluding hydrogens is 170 g/mol. The number of Topliss-reactive ketones (excluding diaryl/α,β-unsaturated/α-hetero) is 1. The number of ketones is 1. The van der Waals surface area contributed by atoms with E-state index in [0.29, 0.717) is 13.0 Å². The van der Waals surface area contributed by atoms with E-state index < -0.39 is 11.4 Å². The largest absolute Gasteiger partial charge is 0.468 e. The summed E-state index contributed by atoms with van der Waals surface area (Å²) in [4.78, 5) is 22.8. The molecule has 13 heavy (non-hydrogen) atoms. The van der Waals surface area contributed by atoms with Crippen LogP contribution in [0, 0.1) is 5.41 Å². The third kappa shape index (κ3) is 1.72. The van der Waals surface area contributed by atoms with Gasteiger partial charge in [0.2, 0.25) is 0 Å². The van der Waals surface area contributed by atoms with Gasteiger partial charge >= 0.3 is 5.97 Å². The Bertz CT molecular complexity index is 219. The van der Waals surface area contributed by atoms with Gasteiger partial charge in [-0.1, -0.05) is 0 Å². The number of methoxy groups -OCH3 is 1. The molecule has 4 nitrogen and oxygen atoms in total. The zero-order valence-electron chi connectivity index (χ0n) is 8.05. The van der Waals surface area contributed by atoms with Gasteiger partial charge in [0.1, 0.15) is 11.2 Å². The Morgan fingerprint density at radius 2 is 2.15 bits per heavy atom. The van der Waals surface area contributed by atoms with Gasteiger partial charge in [0.15, 0.2) is 0 Å². The molecule has 1 N–H and O–H groups in total. The van der Waals surface area contributed by atoms with E-state index in [-0.39, 0.29) is 5.78 Å². The lowest BCUT2D eigenvalue weighted by Crippen LogP contribution is -2.50. The number of carbonyl (C=O) groups is 2. The number of piperidine rings is 1. The van der Waals surface area contributed by atoms with Crippen LogP contribution in [0.2, 0.25) is 0 Å². The predicted octanol–water partition coefficient (Wildman–Crippen LogP) is 0.118. The van der Waals surface area contributed by atoms with Crippen LogP contribution in [0.25, 0.3) is 0 Å². The van der Waals surface area contributed by atoms with Gasteiger partial charge in [0, 0.05) is 6.54 Å². The Morgan fingerprint density at radius 1 is 1.46 bits per heavy atom. The normalized spacial score (nSPS) is 28.2. The smallest absolute Gasteiger partial charge is 0.320 e. The van der Waals surface area contributed by atoms with Crippen molar-refractivity contribution in [1.82, 2.24) is 5.32 Å². The summed E-state index contributed by atoms with van der Waals surface area (Å²) in [5, 5.41) is 3.05. The van der Waals surface area contributed by atoms with Crippen molar-refractivity contribution >= 4 is 11.8 Å². The highest BCUT2D eigenvalue weighted by Gasteiger charge is 2.45. The zero-order chi connectivity index (χ0) is 9.90. The summed E-state index contributed by atoms with van der Waals surface area (Å²) in [6.45, 7) is 2.73. The van der Waals surface area contributed by atoms with E-state index >= 15 is 0 Å². The van der Waals surface area contributed by atoms with Crippen molar-refractivity contribution in [2.45, 2.75) is 19.8 Å². The summed E-state index contributed by atoms with van der Waals surface area (Å²) in [7, 11) is 1.32. The molecule has 1 unspecified atom stereocenters. The summed E-state index contributed by atoms with van der Waals surface area (Å²) in [5.41, 5.74) is -0.924. The minimum absolute atomic E-state index is 0.105. The molecule has 1 heterocycles. The molecule has 0 aromatic heterocycles. The lowest BCUT2D eigenvalue weighted by atomic mass is 9.77. The van der Waals surface area contributed by atoms with Crippen LogP contribution in [0.3, 0.4) is 0 Å². The van der Waals surface area contributed by atoms with E-state index in [4.69, 9.17) is 0 Å². The summed E-state index contributed by atoms with van der Waals surface area (Å²) in [6.07, 6.45) is 1.44. The van der Waals surface area contributed by atoms with E-state index in [1.807, 2.05) is 0 Å². The molecule has 0 aromatic rings. The van der Waals surface area contributed by atoms with Crippen LogP contribution in [-0.2, 0) is 14.3 Å². The lowest BCUT2D eigenvalue weighted by molar-refractivity contribution is -0.158. The van der Waals surface area contributed by atoms with Crippen LogP contribution in [0.5, 0.6) is 0 Å². The van der Waals surface area contributed by atoms with Crippen molar-refractivity contribution in [1.29, 1.82) is 0 Å². The Kier molecular flexibility index (Phi) is 3.03. The van der Waals surface area contributed by atoms with Crippen LogP contribution in [-0.4, -0.2) is 32.0 Å². The van der Waals surface area contributed by atoms with Crippen LogP contribution in [0.4, 0.5) is 0 Å². The van der Waals surface area contributed by atoms with Crippen LogP contribution >= 0.6 is 0 Å². The minimum atomic E-state index is -0.924. The molecule has 1 aliphatic heterocycles. The van der Waals surface area contributed by atoms with Gasteiger partial charge in [0.05, 0.1) is 7.11 Å². The monoisotopic (exact) mass is 185 g/mol. The van der Waals surface area contributed by atoms with Crippen molar-refractivity contribution in [2.24, 2.45) is 5.41 Å². The highest BCUT2D eigenvalue weighted by atomic mass is 16.5. The SMILES string of the molecule is COC(=O)C1(C(C)=O)CCCNC1. The molecular formula is C9H15NO3. The molecule has 0 bridgehead atoms. The Labute approximate surface area is 77.6 Å². The third-order valence-electron chi connectivity index (χ3n) is 2.63. The van der Waals surface area contributed by atoms with Crippen molar-refractivity contribution in [3.05, 3.63) is 0 Å². The predicted molar refractivity (Wildman–Crippen MR) is 47.2 cm³/mol. The summed E-state index contributed by atoms with van der Waals surface area (Å²) in [6, 6.07) is 0. The van der Waals surface area contributed by atoms with Crippen molar-refractivity contribution in [3.63, 3.8) is 0 Å². The number of hydrogen-bond donors (Lipinski definition) is 1. The molecule has 1 saturated heterocycles. The molecule has 0 radical (unpaired) electrons. The molecule has 0 spiro atoms. The molecule has 0 saturated carbocycles. The molecule has 0 amide bonds. The van der Waals surface area contributed by atoms with Gasteiger partial charge in [-0.05, 0) is 26.3 Å². The number of ether oxygens (including phenoxy) is 1. The fraction of sp³-hybridized carbons (Fsp3) is 0.778.